The molecule has 0 aliphatic heterocycles. The van der Waals surface area contributed by atoms with Gasteiger partial charge in [-0.1, -0.05) is 25.0 Å². The molecule has 4 atom stereocenters. The topological polar surface area (TPSA) is 95.5 Å². The van der Waals surface area contributed by atoms with Crippen molar-refractivity contribution < 1.29 is 19.5 Å². The van der Waals surface area contributed by atoms with E-state index in [9.17, 15) is 19.5 Å². The van der Waals surface area contributed by atoms with Gasteiger partial charge in [0.2, 0.25) is 5.91 Å². The zero-order valence-electron chi connectivity index (χ0n) is 15.1. The molecule has 0 unspecified atom stereocenters. The first-order valence-electron chi connectivity index (χ1n) is 9.66. The molecule has 142 valence electrons. The molecule has 3 N–H and O–H groups in total. The number of anilines is 1. The maximum absolute atomic E-state index is 12.7. The predicted octanol–water partition coefficient (Wildman–Crippen LogP) is 2.82. The van der Waals surface area contributed by atoms with Gasteiger partial charge in [-0.2, -0.15) is 0 Å². The highest BCUT2D eigenvalue weighted by Gasteiger charge is 2.51. The quantitative estimate of drug-likeness (QED) is 0.697. The molecule has 4 rings (SSSR count). The van der Waals surface area contributed by atoms with E-state index in [1.165, 1.54) is 0 Å². The first-order chi connectivity index (χ1) is 13.0. The lowest BCUT2D eigenvalue weighted by molar-refractivity contribution is -0.146. The van der Waals surface area contributed by atoms with E-state index >= 15 is 0 Å². The number of carboxylic acids is 1. The second-order valence-electron chi connectivity index (χ2n) is 7.86. The molecule has 1 aromatic carbocycles. The third-order valence-electron chi connectivity index (χ3n) is 6.15. The number of nitrogens with one attached hydrogen (secondary N) is 2. The van der Waals surface area contributed by atoms with Crippen molar-refractivity contribution in [2.45, 2.75) is 38.1 Å². The second-order valence-corrected chi connectivity index (χ2v) is 7.86. The van der Waals surface area contributed by atoms with Crippen molar-refractivity contribution in [1.82, 2.24) is 5.32 Å². The van der Waals surface area contributed by atoms with Gasteiger partial charge in [0.1, 0.15) is 0 Å². The minimum atomic E-state index is -0.911. The molecular formula is C21H24N2O4. The molecule has 3 aliphatic rings. The molecule has 2 fully saturated rings. The molecule has 2 saturated carbocycles. The number of benzene rings is 1. The van der Waals surface area contributed by atoms with Crippen LogP contribution in [0.2, 0.25) is 0 Å². The van der Waals surface area contributed by atoms with Crippen molar-refractivity contribution in [1.29, 1.82) is 0 Å². The zero-order chi connectivity index (χ0) is 19.0. The Balaban J connectivity index is 1.39. The standard InChI is InChI=1S/C21H24N2O4/c24-19(22-15-3-1-2-4-15)12-7-9-16(10-8-12)23-20(25)17-13-5-6-14(11-13)18(17)21(26)27/h5-10,13-15,17-18H,1-4,11H2,(H,22,24)(H,23,25)(H,26,27)/t13-,14-,17-,18+/m0/s1. The van der Waals surface area contributed by atoms with Crippen molar-refractivity contribution in [2.75, 3.05) is 5.32 Å². The van der Waals surface area contributed by atoms with Crippen LogP contribution in [-0.4, -0.2) is 28.9 Å². The number of fused-ring (bicyclic) bond motifs is 2. The number of hydrogen-bond donors (Lipinski definition) is 3. The smallest absolute Gasteiger partial charge is 0.307 e. The molecule has 2 amide bonds. The number of carbonyl (C=O) groups is 3. The fourth-order valence-corrected chi connectivity index (χ4v) is 4.79. The summed E-state index contributed by atoms with van der Waals surface area (Å²) in [6, 6.07) is 7.03. The van der Waals surface area contributed by atoms with Gasteiger partial charge in [-0.15, -0.1) is 0 Å². The summed E-state index contributed by atoms with van der Waals surface area (Å²) < 4.78 is 0. The normalized spacial score (nSPS) is 29.0. The maximum Gasteiger partial charge on any atom is 0.307 e. The van der Waals surface area contributed by atoms with Gasteiger partial charge in [0, 0.05) is 17.3 Å². The van der Waals surface area contributed by atoms with Crippen molar-refractivity contribution >= 4 is 23.5 Å². The Bertz CT molecular complexity index is 780. The molecule has 6 nitrogen and oxygen atoms in total. The summed E-state index contributed by atoms with van der Waals surface area (Å²) in [4.78, 5) is 36.5. The van der Waals surface area contributed by atoms with Crippen LogP contribution in [0.3, 0.4) is 0 Å². The van der Waals surface area contributed by atoms with Crippen LogP contribution in [0.4, 0.5) is 5.69 Å². The molecule has 3 aliphatic carbocycles. The third kappa shape index (κ3) is 3.48. The molecule has 0 heterocycles. The average Bonchev–Trinajstić information content (AvgIpc) is 3.39. The molecule has 1 aromatic rings. The van der Waals surface area contributed by atoms with Gasteiger partial charge in [0.25, 0.3) is 5.91 Å². The van der Waals surface area contributed by atoms with Crippen LogP contribution in [0.1, 0.15) is 42.5 Å². The number of carboxylic acid groups (broad SMARTS) is 1. The first kappa shape index (κ1) is 17.8. The summed E-state index contributed by atoms with van der Waals surface area (Å²) >= 11 is 0. The lowest BCUT2D eigenvalue weighted by Gasteiger charge is -2.23. The number of allylic oxidation sites excluding steroid dienone is 2. The zero-order valence-corrected chi connectivity index (χ0v) is 15.1. The van der Waals surface area contributed by atoms with E-state index in [2.05, 4.69) is 10.6 Å². The SMILES string of the molecule is O=C(NC1CCCC1)c1ccc(NC(=O)[C@@H]2[C@H](C(=O)O)[C@H]3C=C[C@H]2C3)cc1. The summed E-state index contributed by atoms with van der Waals surface area (Å²) in [5, 5.41) is 15.3. The van der Waals surface area contributed by atoms with Crippen LogP contribution >= 0.6 is 0 Å². The average molecular weight is 368 g/mol. The minimum absolute atomic E-state index is 0.00689. The summed E-state index contributed by atoms with van der Waals surface area (Å²) in [5.41, 5.74) is 1.14. The van der Waals surface area contributed by atoms with Crippen molar-refractivity contribution in [2.24, 2.45) is 23.7 Å². The van der Waals surface area contributed by atoms with Crippen molar-refractivity contribution in [3.63, 3.8) is 0 Å². The molecule has 0 saturated heterocycles. The van der Waals surface area contributed by atoms with Crippen LogP contribution < -0.4 is 10.6 Å². The maximum atomic E-state index is 12.7. The molecule has 0 aromatic heterocycles. The summed E-state index contributed by atoms with van der Waals surface area (Å²) in [7, 11) is 0. The Morgan fingerprint density at radius 3 is 2.19 bits per heavy atom. The highest BCUT2D eigenvalue weighted by atomic mass is 16.4. The fraction of sp³-hybridized carbons (Fsp3) is 0.476. The Kier molecular flexibility index (Phi) is 4.72. The van der Waals surface area contributed by atoms with E-state index in [-0.39, 0.29) is 29.7 Å². The summed E-state index contributed by atoms with van der Waals surface area (Å²) in [5.74, 6) is -2.52. The predicted molar refractivity (Wildman–Crippen MR) is 100 cm³/mol. The number of amides is 2. The lowest BCUT2D eigenvalue weighted by atomic mass is 9.82. The highest BCUT2D eigenvalue weighted by molar-refractivity contribution is 5.98. The molecule has 6 heteroatoms. The van der Waals surface area contributed by atoms with Crippen LogP contribution in [0, 0.1) is 23.7 Å². The van der Waals surface area contributed by atoms with Gasteiger partial charge in [-0.05, 0) is 55.4 Å². The van der Waals surface area contributed by atoms with Crippen molar-refractivity contribution in [3.8, 4) is 0 Å². The van der Waals surface area contributed by atoms with E-state index in [0.29, 0.717) is 11.3 Å². The van der Waals surface area contributed by atoms with Gasteiger partial charge in [-0.25, -0.2) is 0 Å². The Morgan fingerprint density at radius 2 is 1.56 bits per heavy atom. The van der Waals surface area contributed by atoms with Crippen LogP contribution in [0.15, 0.2) is 36.4 Å². The van der Waals surface area contributed by atoms with E-state index in [1.54, 1.807) is 24.3 Å². The van der Waals surface area contributed by atoms with Gasteiger partial charge >= 0.3 is 5.97 Å². The molecule has 2 bridgehead atoms. The van der Waals surface area contributed by atoms with E-state index < -0.39 is 17.8 Å². The number of carbonyl (C=O) groups excluding carboxylic acids is 2. The Labute approximate surface area is 158 Å². The minimum Gasteiger partial charge on any atom is -0.481 e. The van der Waals surface area contributed by atoms with Gasteiger partial charge in [0.15, 0.2) is 0 Å². The summed E-state index contributed by atoms with van der Waals surface area (Å²) in [6.45, 7) is 0. The Morgan fingerprint density at radius 1 is 0.926 bits per heavy atom. The van der Waals surface area contributed by atoms with Crippen LogP contribution in [0.5, 0.6) is 0 Å². The first-order valence-corrected chi connectivity index (χ1v) is 9.66. The number of rotatable bonds is 5. The third-order valence-corrected chi connectivity index (χ3v) is 6.15. The monoisotopic (exact) mass is 368 g/mol. The largest absolute Gasteiger partial charge is 0.481 e. The number of aliphatic carboxylic acids is 1. The molecule has 27 heavy (non-hydrogen) atoms. The van der Waals surface area contributed by atoms with Gasteiger partial charge < -0.3 is 15.7 Å². The lowest BCUT2D eigenvalue weighted by Crippen LogP contribution is -2.36. The van der Waals surface area contributed by atoms with E-state index in [4.69, 9.17) is 0 Å². The fourth-order valence-electron chi connectivity index (χ4n) is 4.79. The molecule has 0 spiro atoms. The van der Waals surface area contributed by atoms with Crippen molar-refractivity contribution in [3.05, 3.63) is 42.0 Å². The molecular weight excluding hydrogens is 344 g/mol. The van der Waals surface area contributed by atoms with E-state index in [1.807, 2.05) is 12.2 Å². The van der Waals surface area contributed by atoms with E-state index in [0.717, 1.165) is 32.1 Å². The van der Waals surface area contributed by atoms with Gasteiger partial charge in [0.05, 0.1) is 11.8 Å². The number of hydrogen-bond acceptors (Lipinski definition) is 3. The summed E-state index contributed by atoms with van der Waals surface area (Å²) in [6.07, 6.45) is 8.99. The highest BCUT2D eigenvalue weighted by Crippen LogP contribution is 2.48. The van der Waals surface area contributed by atoms with Gasteiger partial charge in [-0.3, -0.25) is 14.4 Å². The van der Waals surface area contributed by atoms with Crippen LogP contribution in [-0.2, 0) is 9.59 Å². The Hall–Kier alpha value is -2.63. The molecule has 0 radical (unpaired) electrons. The second kappa shape index (κ2) is 7.18. The van der Waals surface area contributed by atoms with Crippen LogP contribution in [0.25, 0.3) is 0 Å².